The van der Waals surface area contributed by atoms with Crippen molar-refractivity contribution in [3.05, 3.63) is 35.4 Å². The molecule has 0 heterocycles. The summed E-state index contributed by atoms with van der Waals surface area (Å²) in [6.45, 7) is 1.67. The lowest BCUT2D eigenvalue weighted by Crippen LogP contribution is -2.21. The van der Waals surface area contributed by atoms with E-state index < -0.39 is 17.7 Å². The molecule has 0 amide bonds. The number of ketones is 1. The highest BCUT2D eigenvalue weighted by molar-refractivity contribution is 5.84. The summed E-state index contributed by atoms with van der Waals surface area (Å²) < 4.78 is 25.3. The lowest BCUT2D eigenvalue weighted by molar-refractivity contribution is -0.126. The van der Waals surface area contributed by atoms with Crippen molar-refractivity contribution in [2.75, 3.05) is 0 Å². The Hall–Kier alpha value is -1.29. The van der Waals surface area contributed by atoms with Crippen molar-refractivity contribution in [2.24, 2.45) is 0 Å². The Labute approximate surface area is 86.5 Å². The molecule has 0 aliphatic carbocycles. The van der Waals surface area contributed by atoms with Crippen LogP contribution in [0.25, 0.3) is 0 Å². The molecule has 0 bridgehead atoms. The fraction of sp³-hybridized carbons (Fsp3) is 0.364. The standard InChI is InChI=1S/C11H12F2O2/c1-2-10(14)11(15)6-7-3-4-8(12)9(13)5-7/h3-5,10,14H,2,6H2,1H3. The molecule has 82 valence electrons. The monoisotopic (exact) mass is 214 g/mol. The first-order valence-electron chi connectivity index (χ1n) is 4.69. The minimum absolute atomic E-state index is 0.0772. The van der Waals surface area contributed by atoms with Crippen LogP contribution in [-0.2, 0) is 11.2 Å². The van der Waals surface area contributed by atoms with Gasteiger partial charge in [0.05, 0.1) is 0 Å². The number of hydrogen-bond donors (Lipinski definition) is 1. The largest absolute Gasteiger partial charge is 0.385 e. The number of Topliss-reactive ketones (excluding diaryl/α,β-unsaturated/α-hetero) is 1. The van der Waals surface area contributed by atoms with Gasteiger partial charge in [-0.1, -0.05) is 13.0 Å². The molecular formula is C11H12F2O2. The predicted molar refractivity (Wildman–Crippen MR) is 51.4 cm³/mol. The van der Waals surface area contributed by atoms with E-state index in [9.17, 15) is 18.7 Å². The number of halogens is 2. The Balaban J connectivity index is 2.73. The van der Waals surface area contributed by atoms with Crippen LogP contribution in [0.3, 0.4) is 0 Å². The maximum Gasteiger partial charge on any atom is 0.165 e. The third-order valence-electron chi connectivity index (χ3n) is 2.12. The van der Waals surface area contributed by atoms with E-state index in [-0.39, 0.29) is 12.2 Å². The smallest absolute Gasteiger partial charge is 0.165 e. The van der Waals surface area contributed by atoms with Crippen molar-refractivity contribution in [3.63, 3.8) is 0 Å². The van der Waals surface area contributed by atoms with Crippen LogP contribution in [0, 0.1) is 11.6 Å². The van der Waals surface area contributed by atoms with Gasteiger partial charge in [-0.2, -0.15) is 0 Å². The van der Waals surface area contributed by atoms with Gasteiger partial charge in [-0.3, -0.25) is 4.79 Å². The molecule has 0 aliphatic heterocycles. The van der Waals surface area contributed by atoms with Gasteiger partial charge in [-0.05, 0) is 24.1 Å². The second-order valence-electron chi connectivity index (χ2n) is 3.32. The van der Waals surface area contributed by atoms with E-state index in [4.69, 9.17) is 0 Å². The van der Waals surface area contributed by atoms with Crippen LogP contribution >= 0.6 is 0 Å². The van der Waals surface area contributed by atoms with Crippen LogP contribution in [-0.4, -0.2) is 17.0 Å². The quantitative estimate of drug-likeness (QED) is 0.830. The minimum atomic E-state index is -1.03. The summed E-state index contributed by atoms with van der Waals surface area (Å²) in [6.07, 6.45) is -0.785. The van der Waals surface area contributed by atoms with Gasteiger partial charge in [0.25, 0.3) is 0 Å². The van der Waals surface area contributed by atoms with Crippen LogP contribution in [0.1, 0.15) is 18.9 Å². The average Bonchev–Trinajstić information content (AvgIpc) is 2.22. The van der Waals surface area contributed by atoms with Gasteiger partial charge in [-0.15, -0.1) is 0 Å². The molecule has 15 heavy (non-hydrogen) atoms. The van der Waals surface area contributed by atoms with Gasteiger partial charge in [0.15, 0.2) is 17.4 Å². The number of hydrogen-bond acceptors (Lipinski definition) is 2. The minimum Gasteiger partial charge on any atom is -0.385 e. The van der Waals surface area contributed by atoms with Crippen LogP contribution in [0.15, 0.2) is 18.2 Å². The maximum absolute atomic E-state index is 12.8. The number of benzene rings is 1. The van der Waals surface area contributed by atoms with Crippen molar-refractivity contribution in [1.82, 2.24) is 0 Å². The Morgan fingerprint density at radius 1 is 1.40 bits per heavy atom. The summed E-state index contributed by atoms with van der Waals surface area (Å²) in [7, 11) is 0. The summed E-state index contributed by atoms with van der Waals surface area (Å²) in [5.41, 5.74) is 0.367. The number of carbonyl (C=O) groups is 1. The van der Waals surface area contributed by atoms with Crippen molar-refractivity contribution >= 4 is 5.78 Å². The summed E-state index contributed by atoms with van der Waals surface area (Å²) in [6, 6.07) is 3.27. The highest BCUT2D eigenvalue weighted by atomic mass is 19.2. The molecule has 0 aliphatic rings. The van der Waals surface area contributed by atoms with Crippen molar-refractivity contribution < 1.29 is 18.7 Å². The first-order valence-corrected chi connectivity index (χ1v) is 4.69. The van der Waals surface area contributed by atoms with E-state index in [1.54, 1.807) is 6.92 Å². The Bertz CT molecular complexity index is 364. The molecule has 1 rings (SSSR count). The molecule has 2 nitrogen and oxygen atoms in total. The molecule has 0 radical (unpaired) electrons. The van der Waals surface area contributed by atoms with Gasteiger partial charge >= 0.3 is 0 Å². The summed E-state index contributed by atoms with van der Waals surface area (Å²) >= 11 is 0. The highest BCUT2D eigenvalue weighted by Gasteiger charge is 2.13. The van der Waals surface area contributed by atoms with Crippen molar-refractivity contribution in [3.8, 4) is 0 Å². The molecule has 0 aromatic heterocycles. The predicted octanol–water partition coefficient (Wildman–Crippen LogP) is 1.85. The van der Waals surface area contributed by atoms with Crippen molar-refractivity contribution in [1.29, 1.82) is 0 Å². The zero-order valence-corrected chi connectivity index (χ0v) is 8.34. The van der Waals surface area contributed by atoms with Crippen LogP contribution in [0.5, 0.6) is 0 Å². The maximum atomic E-state index is 12.8. The number of rotatable bonds is 4. The van der Waals surface area contributed by atoms with Gasteiger partial charge in [-0.25, -0.2) is 8.78 Å². The first-order chi connectivity index (χ1) is 7.04. The fourth-order valence-corrected chi connectivity index (χ4v) is 1.20. The number of aliphatic hydroxyl groups excluding tert-OH is 1. The van der Waals surface area contributed by atoms with E-state index in [0.717, 1.165) is 12.1 Å². The lowest BCUT2D eigenvalue weighted by atomic mass is 10.0. The lowest BCUT2D eigenvalue weighted by Gasteiger charge is -2.06. The Kier molecular flexibility index (Phi) is 3.91. The van der Waals surface area contributed by atoms with Gasteiger partial charge in [0.1, 0.15) is 6.10 Å². The summed E-state index contributed by atoms with van der Waals surface area (Å²) in [5.74, 6) is -2.31. The van der Waals surface area contributed by atoms with Gasteiger partial charge < -0.3 is 5.11 Å². The topological polar surface area (TPSA) is 37.3 Å². The molecule has 1 aromatic carbocycles. The molecule has 0 fully saturated rings. The third-order valence-corrected chi connectivity index (χ3v) is 2.12. The molecule has 1 aromatic rings. The van der Waals surface area contributed by atoms with Gasteiger partial charge in [0, 0.05) is 6.42 Å². The van der Waals surface area contributed by atoms with Crippen LogP contribution in [0.4, 0.5) is 8.78 Å². The normalized spacial score (nSPS) is 12.5. The Morgan fingerprint density at radius 3 is 2.60 bits per heavy atom. The first kappa shape index (κ1) is 11.8. The zero-order chi connectivity index (χ0) is 11.4. The van der Waals surface area contributed by atoms with E-state index in [0.29, 0.717) is 12.0 Å². The molecular weight excluding hydrogens is 202 g/mol. The fourth-order valence-electron chi connectivity index (χ4n) is 1.20. The molecule has 0 spiro atoms. The molecule has 0 saturated carbocycles. The van der Waals surface area contributed by atoms with E-state index >= 15 is 0 Å². The van der Waals surface area contributed by atoms with Crippen molar-refractivity contribution in [2.45, 2.75) is 25.9 Å². The van der Waals surface area contributed by atoms with E-state index in [2.05, 4.69) is 0 Å². The van der Waals surface area contributed by atoms with Crippen LogP contribution in [0.2, 0.25) is 0 Å². The van der Waals surface area contributed by atoms with Crippen LogP contribution < -0.4 is 0 Å². The summed E-state index contributed by atoms with van der Waals surface area (Å²) in [5, 5.41) is 9.19. The third kappa shape index (κ3) is 3.09. The van der Waals surface area contributed by atoms with E-state index in [1.807, 2.05) is 0 Å². The Morgan fingerprint density at radius 2 is 2.07 bits per heavy atom. The number of carbonyl (C=O) groups excluding carboxylic acids is 1. The van der Waals surface area contributed by atoms with Gasteiger partial charge in [0.2, 0.25) is 0 Å². The molecule has 0 saturated heterocycles. The summed E-state index contributed by atoms with van der Waals surface area (Å²) in [4.78, 5) is 11.3. The SMILES string of the molecule is CCC(O)C(=O)Cc1ccc(F)c(F)c1. The molecule has 1 N–H and O–H groups in total. The molecule has 1 atom stereocenters. The molecule has 1 unspecified atom stereocenters. The second kappa shape index (κ2) is 4.98. The highest BCUT2D eigenvalue weighted by Crippen LogP contribution is 2.10. The second-order valence-corrected chi connectivity index (χ2v) is 3.32. The average molecular weight is 214 g/mol. The number of aliphatic hydroxyl groups is 1. The zero-order valence-electron chi connectivity index (χ0n) is 8.34. The van der Waals surface area contributed by atoms with E-state index in [1.165, 1.54) is 6.07 Å². The molecule has 4 heteroatoms.